The summed E-state index contributed by atoms with van der Waals surface area (Å²) in [5.74, 6) is -1.10. The first kappa shape index (κ1) is 18.4. The third kappa shape index (κ3) is 4.03. The zero-order valence-electron chi connectivity index (χ0n) is 14.0. The number of rotatable bonds is 6. The number of hydrogen-bond acceptors (Lipinski definition) is 4. The highest BCUT2D eigenvalue weighted by molar-refractivity contribution is 9.10. The van der Waals surface area contributed by atoms with Crippen molar-refractivity contribution in [1.29, 1.82) is 0 Å². The predicted molar refractivity (Wildman–Crippen MR) is 108 cm³/mol. The minimum atomic E-state index is -1.01. The van der Waals surface area contributed by atoms with Crippen molar-refractivity contribution < 1.29 is 14.7 Å². The molecule has 132 valence electrons. The number of carboxylic acid groups (broad SMARTS) is 1. The van der Waals surface area contributed by atoms with Gasteiger partial charge in [0.2, 0.25) is 0 Å². The van der Waals surface area contributed by atoms with Crippen LogP contribution in [0.25, 0.3) is 10.4 Å². The summed E-state index contributed by atoms with van der Waals surface area (Å²) in [6.07, 6.45) is 0. The maximum Gasteiger partial charge on any atom is 0.348 e. The van der Waals surface area contributed by atoms with Crippen molar-refractivity contribution in [1.82, 2.24) is 0 Å². The molecule has 0 radical (unpaired) electrons. The van der Waals surface area contributed by atoms with Gasteiger partial charge < -0.3 is 10.4 Å². The van der Waals surface area contributed by atoms with E-state index < -0.39 is 5.97 Å². The van der Waals surface area contributed by atoms with Crippen molar-refractivity contribution in [2.45, 2.75) is 6.92 Å². The van der Waals surface area contributed by atoms with Gasteiger partial charge in [0.1, 0.15) is 4.88 Å². The van der Waals surface area contributed by atoms with Crippen LogP contribution in [0.2, 0.25) is 0 Å². The first-order valence-electron chi connectivity index (χ1n) is 7.91. The first-order valence-corrected chi connectivity index (χ1v) is 9.52. The maximum absolute atomic E-state index is 12.4. The van der Waals surface area contributed by atoms with Gasteiger partial charge in [-0.2, -0.15) is 0 Å². The number of carbonyl (C=O) groups excluding carboxylic acids is 1. The van der Waals surface area contributed by atoms with Crippen molar-refractivity contribution in [2.24, 2.45) is 0 Å². The van der Waals surface area contributed by atoms with E-state index >= 15 is 0 Å². The number of Topliss-reactive ketones (excluding diaryl/α,β-unsaturated/α-hetero) is 1. The van der Waals surface area contributed by atoms with Crippen molar-refractivity contribution >= 4 is 44.7 Å². The molecule has 0 bridgehead atoms. The Morgan fingerprint density at radius 1 is 1.12 bits per heavy atom. The van der Waals surface area contributed by atoms with E-state index in [-0.39, 0.29) is 17.2 Å². The van der Waals surface area contributed by atoms with E-state index in [9.17, 15) is 14.7 Å². The Kier molecular flexibility index (Phi) is 5.54. The summed E-state index contributed by atoms with van der Waals surface area (Å²) in [4.78, 5) is 25.0. The van der Waals surface area contributed by atoms with Gasteiger partial charge in [0.05, 0.1) is 12.2 Å². The van der Waals surface area contributed by atoms with E-state index in [1.807, 2.05) is 49.4 Å². The molecule has 0 aliphatic carbocycles. The van der Waals surface area contributed by atoms with E-state index in [0.29, 0.717) is 11.3 Å². The highest BCUT2D eigenvalue weighted by Gasteiger charge is 2.17. The van der Waals surface area contributed by atoms with Crippen LogP contribution in [0, 0.1) is 6.92 Å². The molecule has 0 saturated carbocycles. The maximum atomic E-state index is 12.4. The second-order valence-corrected chi connectivity index (χ2v) is 7.67. The van der Waals surface area contributed by atoms with Crippen LogP contribution in [-0.2, 0) is 0 Å². The molecule has 0 fully saturated rings. The van der Waals surface area contributed by atoms with Gasteiger partial charge in [0.25, 0.3) is 0 Å². The first-order chi connectivity index (χ1) is 12.5. The number of thiophene rings is 1. The molecule has 0 atom stereocenters. The lowest BCUT2D eigenvalue weighted by molar-refractivity contribution is 0.0702. The molecule has 0 aliphatic heterocycles. The molecule has 0 aliphatic rings. The molecule has 0 amide bonds. The normalized spacial score (nSPS) is 10.5. The zero-order valence-corrected chi connectivity index (χ0v) is 16.4. The number of carboxylic acids is 1. The lowest BCUT2D eigenvalue weighted by Gasteiger charge is -2.06. The van der Waals surface area contributed by atoms with Crippen molar-refractivity contribution in [3.05, 3.63) is 75.1 Å². The highest BCUT2D eigenvalue weighted by Crippen LogP contribution is 2.34. The van der Waals surface area contributed by atoms with Crippen molar-refractivity contribution in [2.75, 3.05) is 11.9 Å². The second-order valence-electron chi connectivity index (χ2n) is 5.77. The highest BCUT2D eigenvalue weighted by atomic mass is 79.9. The van der Waals surface area contributed by atoms with Crippen LogP contribution in [0.15, 0.2) is 59.1 Å². The number of anilines is 1. The Hall–Kier alpha value is -2.44. The van der Waals surface area contributed by atoms with Gasteiger partial charge in [-0.25, -0.2) is 4.79 Å². The Morgan fingerprint density at radius 3 is 2.50 bits per heavy atom. The van der Waals surface area contributed by atoms with Gasteiger partial charge in [0, 0.05) is 14.9 Å². The lowest BCUT2D eigenvalue weighted by Crippen LogP contribution is -2.15. The molecule has 1 aromatic heterocycles. The summed E-state index contributed by atoms with van der Waals surface area (Å²) in [5, 5.41) is 12.4. The lowest BCUT2D eigenvalue weighted by atomic mass is 10.1. The zero-order chi connectivity index (χ0) is 18.7. The summed E-state index contributed by atoms with van der Waals surface area (Å²) in [7, 11) is 0. The smallest absolute Gasteiger partial charge is 0.348 e. The van der Waals surface area contributed by atoms with Crippen LogP contribution in [0.4, 0.5) is 5.69 Å². The molecule has 2 N–H and O–H groups in total. The molecule has 0 spiro atoms. The van der Waals surface area contributed by atoms with Gasteiger partial charge in [0.15, 0.2) is 5.78 Å². The van der Waals surface area contributed by atoms with Gasteiger partial charge in [-0.1, -0.05) is 52.3 Å². The third-order valence-corrected chi connectivity index (χ3v) is 5.97. The van der Waals surface area contributed by atoms with Gasteiger partial charge in [-0.3, -0.25) is 4.79 Å². The Bertz CT molecular complexity index is 966. The van der Waals surface area contributed by atoms with E-state index in [1.165, 1.54) is 11.3 Å². The van der Waals surface area contributed by atoms with Crippen LogP contribution in [-0.4, -0.2) is 23.4 Å². The van der Waals surface area contributed by atoms with Gasteiger partial charge in [-0.15, -0.1) is 11.3 Å². The van der Waals surface area contributed by atoms with Gasteiger partial charge >= 0.3 is 5.97 Å². The number of benzene rings is 2. The van der Waals surface area contributed by atoms with Crippen LogP contribution in [0.3, 0.4) is 0 Å². The molecule has 1 heterocycles. The number of halogens is 1. The second kappa shape index (κ2) is 7.85. The number of aromatic carboxylic acids is 1. The Morgan fingerprint density at radius 2 is 1.85 bits per heavy atom. The minimum absolute atomic E-state index is 0.0340. The number of carbonyl (C=O) groups is 2. The molecule has 3 aromatic rings. The third-order valence-electron chi connectivity index (χ3n) is 3.90. The van der Waals surface area contributed by atoms with Crippen molar-refractivity contribution in [3.8, 4) is 10.4 Å². The number of hydrogen-bond donors (Lipinski definition) is 2. The molecule has 0 unspecified atom stereocenters. The molecule has 2 aromatic carbocycles. The standard InChI is InChI=1S/C20H16BrNO3S/c1-12-9-14(7-8-15(12)21)17(23)11-22-16-10-18(26-19(16)20(24)25)13-5-3-2-4-6-13/h2-10,22H,11H2,1H3,(H,24,25). The summed E-state index contributed by atoms with van der Waals surface area (Å²) in [5.41, 5.74) is 2.98. The summed E-state index contributed by atoms with van der Waals surface area (Å²) >= 11 is 4.61. The van der Waals surface area contributed by atoms with Gasteiger partial charge in [-0.05, 0) is 36.2 Å². The number of nitrogens with one attached hydrogen (secondary N) is 1. The molecule has 3 rings (SSSR count). The van der Waals surface area contributed by atoms with E-state index in [1.54, 1.807) is 12.1 Å². The number of ketones is 1. The van der Waals surface area contributed by atoms with E-state index in [4.69, 9.17) is 0 Å². The van der Waals surface area contributed by atoms with Crippen LogP contribution < -0.4 is 5.32 Å². The fraction of sp³-hybridized carbons (Fsp3) is 0.100. The SMILES string of the molecule is Cc1cc(C(=O)CNc2cc(-c3ccccc3)sc2C(=O)O)ccc1Br. The molecule has 26 heavy (non-hydrogen) atoms. The number of aryl methyl sites for hydroxylation is 1. The van der Waals surface area contributed by atoms with Crippen LogP contribution in [0.5, 0.6) is 0 Å². The van der Waals surface area contributed by atoms with Crippen molar-refractivity contribution in [3.63, 3.8) is 0 Å². The predicted octanol–water partition coefficient (Wildman–Crippen LogP) is 5.48. The fourth-order valence-electron chi connectivity index (χ4n) is 2.52. The van der Waals surface area contributed by atoms with Crippen LogP contribution in [0.1, 0.15) is 25.6 Å². The quantitative estimate of drug-likeness (QED) is 0.509. The molecular weight excluding hydrogens is 414 g/mol. The molecular formula is C20H16BrNO3S. The average molecular weight is 430 g/mol. The summed E-state index contributed by atoms with van der Waals surface area (Å²) < 4.78 is 0.945. The van der Waals surface area contributed by atoms with E-state index in [0.717, 1.165) is 20.5 Å². The largest absolute Gasteiger partial charge is 0.477 e. The van der Waals surface area contributed by atoms with Crippen LogP contribution >= 0.6 is 27.3 Å². The monoisotopic (exact) mass is 429 g/mol. The summed E-state index contributed by atoms with van der Waals surface area (Å²) in [6.45, 7) is 1.95. The fourth-order valence-corrected chi connectivity index (χ4v) is 3.75. The molecule has 0 saturated heterocycles. The Balaban J connectivity index is 1.80. The van der Waals surface area contributed by atoms with E-state index in [2.05, 4.69) is 21.2 Å². The molecule has 6 heteroatoms. The minimum Gasteiger partial charge on any atom is -0.477 e. The Labute approximate surface area is 163 Å². The average Bonchev–Trinajstić information content (AvgIpc) is 3.07. The summed E-state index contributed by atoms with van der Waals surface area (Å²) in [6, 6.07) is 16.8. The molecule has 4 nitrogen and oxygen atoms in total. The topological polar surface area (TPSA) is 66.4 Å².